The zero-order valence-electron chi connectivity index (χ0n) is 19.1. The highest BCUT2D eigenvalue weighted by Crippen LogP contribution is 2.17. The molecule has 0 aromatic heterocycles. The number of carbonyl (C=O) groups excluding carboxylic acids is 2. The molecule has 0 aliphatic rings. The second-order valence-corrected chi connectivity index (χ2v) is 9.27. The van der Waals surface area contributed by atoms with E-state index in [0.29, 0.717) is 31.0 Å². The number of amides is 2. The highest BCUT2D eigenvalue weighted by atomic mass is 35.5. The van der Waals surface area contributed by atoms with Gasteiger partial charge in [-0.25, -0.2) is 0 Å². The van der Waals surface area contributed by atoms with Gasteiger partial charge >= 0.3 is 0 Å². The van der Waals surface area contributed by atoms with Crippen molar-refractivity contribution in [1.82, 2.24) is 10.2 Å². The zero-order chi connectivity index (χ0) is 23.0. The number of nitrogens with one attached hydrogen (secondary N) is 1. The Morgan fingerprint density at radius 3 is 2.42 bits per heavy atom. The fourth-order valence-corrected chi connectivity index (χ4v) is 3.29. The monoisotopic (exact) mass is 444 g/mol. The molecule has 2 rings (SSSR count). The Kier molecular flexibility index (Phi) is 8.93. The number of rotatable bonds is 9. The van der Waals surface area contributed by atoms with Crippen LogP contribution < -0.4 is 10.1 Å². The van der Waals surface area contributed by atoms with Gasteiger partial charge in [-0.15, -0.1) is 0 Å². The first-order valence-electron chi connectivity index (χ1n) is 10.6. The normalized spacial score (nSPS) is 12.2. The summed E-state index contributed by atoms with van der Waals surface area (Å²) in [6.07, 6.45) is 0.853. The summed E-state index contributed by atoms with van der Waals surface area (Å²) in [6.45, 7) is 10.3. The molecule has 5 nitrogen and oxygen atoms in total. The van der Waals surface area contributed by atoms with E-state index >= 15 is 0 Å². The van der Waals surface area contributed by atoms with Crippen LogP contribution in [0.5, 0.6) is 5.75 Å². The number of aryl methyl sites for hydroxylation is 1. The molecule has 31 heavy (non-hydrogen) atoms. The van der Waals surface area contributed by atoms with Gasteiger partial charge in [-0.3, -0.25) is 9.59 Å². The van der Waals surface area contributed by atoms with E-state index in [-0.39, 0.29) is 17.4 Å². The Hall–Kier alpha value is -2.53. The van der Waals surface area contributed by atoms with E-state index < -0.39 is 6.04 Å². The van der Waals surface area contributed by atoms with Crippen LogP contribution >= 0.6 is 11.6 Å². The molecule has 1 atom stereocenters. The second kappa shape index (κ2) is 11.2. The zero-order valence-corrected chi connectivity index (χ0v) is 19.8. The lowest BCUT2D eigenvalue weighted by Crippen LogP contribution is -2.52. The standard InChI is InChI=1S/C25H33ClN2O3/c1-18-11-13-22(14-12-18)31-15-7-10-23(29)28(17-20-8-6-9-21(26)16-20)19(2)24(30)27-25(3,4)5/h6,8-9,11-14,16,19H,7,10,15,17H2,1-5H3,(H,27,30). The van der Waals surface area contributed by atoms with Crippen molar-refractivity contribution < 1.29 is 14.3 Å². The van der Waals surface area contributed by atoms with E-state index in [0.717, 1.165) is 11.3 Å². The van der Waals surface area contributed by atoms with Crippen LogP contribution in [0.4, 0.5) is 0 Å². The molecule has 2 amide bonds. The third-order valence-corrected chi connectivity index (χ3v) is 4.97. The van der Waals surface area contributed by atoms with Crippen LogP contribution in [0, 0.1) is 6.92 Å². The van der Waals surface area contributed by atoms with Crippen molar-refractivity contribution in [2.45, 2.75) is 65.6 Å². The fraction of sp³-hybridized carbons (Fsp3) is 0.440. The quantitative estimate of drug-likeness (QED) is 0.545. The molecule has 0 spiro atoms. The van der Waals surface area contributed by atoms with Crippen LogP contribution in [0.3, 0.4) is 0 Å². The van der Waals surface area contributed by atoms with Crippen LogP contribution in [-0.2, 0) is 16.1 Å². The van der Waals surface area contributed by atoms with Gasteiger partial charge in [0.05, 0.1) is 6.61 Å². The van der Waals surface area contributed by atoms with Crippen molar-refractivity contribution in [3.05, 3.63) is 64.7 Å². The molecule has 0 heterocycles. The summed E-state index contributed by atoms with van der Waals surface area (Å²) in [7, 11) is 0. The van der Waals surface area contributed by atoms with Crippen LogP contribution in [-0.4, -0.2) is 34.9 Å². The second-order valence-electron chi connectivity index (χ2n) is 8.83. The minimum Gasteiger partial charge on any atom is -0.494 e. The van der Waals surface area contributed by atoms with Gasteiger partial charge in [0.15, 0.2) is 0 Å². The Bertz CT molecular complexity index is 875. The lowest BCUT2D eigenvalue weighted by molar-refractivity contribution is -0.141. The van der Waals surface area contributed by atoms with E-state index in [1.165, 1.54) is 5.56 Å². The molecule has 1 unspecified atom stereocenters. The van der Waals surface area contributed by atoms with Gasteiger partial charge in [0.25, 0.3) is 0 Å². The lowest BCUT2D eigenvalue weighted by Gasteiger charge is -2.31. The third kappa shape index (κ3) is 8.62. The number of carbonyl (C=O) groups is 2. The van der Waals surface area contributed by atoms with Gasteiger partial charge in [-0.2, -0.15) is 0 Å². The molecule has 1 N–H and O–H groups in total. The summed E-state index contributed by atoms with van der Waals surface area (Å²) in [6, 6.07) is 14.6. The first-order valence-corrected chi connectivity index (χ1v) is 11.0. The molecule has 0 bridgehead atoms. The van der Waals surface area contributed by atoms with E-state index in [2.05, 4.69) is 5.32 Å². The number of benzene rings is 2. The summed E-state index contributed by atoms with van der Waals surface area (Å²) >= 11 is 6.11. The van der Waals surface area contributed by atoms with Gasteiger partial charge in [0, 0.05) is 23.5 Å². The Morgan fingerprint density at radius 1 is 1.13 bits per heavy atom. The van der Waals surface area contributed by atoms with Crippen molar-refractivity contribution in [3.8, 4) is 5.75 Å². The molecule has 0 radical (unpaired) electrons. The van der Waals surface area contributed by atoms with Gasteiger partial charge in [0.2, 0.25) is 11.8 Å². The average molecular weight is 445 g/mol. The van der Waals surface area contributed by atoms with E-state index in [4.69, 9.17) is 16.3 Å². The van der Waals surface area contributed by atoms with Gasteiger partial charge in [0.1, 0.15) is 11.8 Å². The van der Waals surface area contributed by atoms with Gasteiger partial charge in [-0.05, 0) is 70.9 Å². The molecule has 0 aliphatic heterocycles. The lowest BCUT2D eigenvalue weighted by atomic mass is 10.1. The molecule has 0 saturated heterocycles. The number of halogens is 1. The SMILES string of the molecule is Cc1ccc(OCCCC(=O)N(Cc2cccc(Cl)c2)C(C)C(=O)NC(C)(C)C)cc1. The summed E-state index contributed by atoms with van der Waals surface area (Å²) in [4.78, 5) is 27.4. The van der Waals surface area contributed by atoms with Crippen molar-refractivity contribution in [2.75, 3.05) is 6.61 Å². The summed E-state index contributed by atoms with van der Waals surface area (Å²) in [5.74, 6) is 0.509. The van der Waals surface area contributed by atoms with Crippen molar-refractivity contribution in [2.24, 2.45) is 0 Å². The van der Waals surface area contributed by atoms with Crippen molar-refractivity contribution in [1.29, 1.82) is 0 Å². The molecule has 6 heteroatoms. The smallest absolute Gasteiger partial charge is 0.242 e. The summed E-state index contributed by atoms with van der Waals surface area (Å²) in [5, 5.41) is 3.56. The highest BCUT2D eigenvalue weighted by Gasteiger charge is 2.28. The molecule has 2 aromatic rings. The molecular formula is C25H33ClN2O3. The van der Waals surface area contributed by atoms with Gasteiger partial charge < -0.3 is 15.0 Å². The Labute approximate surface area is 190 Å². The number of ether oxygens (including phenoxy) is 1. The maximum absolute atomic E-state index is 13.1. The Balaban J connectivity index is 2.02. The van der Waals surface area contributed by atoms with Crippen LogP contribution in [0.15, 0.2) is 48.5 Å². The van der Waals surface area contributed by atoms with E-state index in [1.54, 1.807) is 17.9 Å². The average Bonchev–Trinajstić information content (AvgIpc) is 2.69. The topological polar surface area (TPSA) is 58.6 Å². The molecule has 2 aromatic carbocycles. The van der Waals surface area contributed by atoms with Crippen molar-refractivity contribution >= 4 is 23.4 Å². The summed E-state index contributed by atoms with van der Waals surface area (Å²) in [5.41, 5.74) is 1.67. The number of hydrogen-bond donors (Lipinski definition) is 1. The first-order chi connectivity index (χ1) is 14.5. The minimum atomic E-state index is -0.608. The Morgan fingerprint density at radius 2 is 1.81 bits per heavy atom. The number of hydrogen-bond acceptors (Lipinski definition) is 3. The maximum Gasteiger partial charge on any atom is 0.242 e. The summed E-state index contributed by atoms with van der Waals surface area (Å²) < 4.78 is 5.73. The molecule has 168 valence electrons. The molecule has 0 saturated carbocycles. The molecule has 0 fully saturated rings. The molecule has 0 aliphatic carbocycles. The largest absolute Gasteiger partial charge is 0.494 e. The van der Waals surface area contributed by atoms with Crippen LogP contribution in [0.1, 0.15) is 51.7 Å². The predicted molar refractivity (Wildman–Crippen MR) is 125 cm³/mol. The van der Waals surface area contributed by atoms with Crippen LogP contribution in [0.2, 0.25) is 5.02 Å². The first kappa shape index (κ1) is 24.7. The maximum atomic E-state index is 13.1. The van der Waals surface area contributed by atoms with Crippen LogP contribution in [0.25, 0.3) is 0 Å². The number of nitrogens with zero attached hydrogens (tertiary/aromatic N) is 1. The highest BCUT2D eigenvalue weighted by molar-refractivity contribution is 6.30. The molecular weight excluding hydrogens is 412 g/mol. The van der Waals surface area contributed by atoms with E-state index in [9.17, 15) is 9.59 Å². The fourth-order valence-electron chi connectivity index (χ4n) is 3.08. The van der Waals surface area contributed by atoms with Gasteiger partial charge in [-0.1, -0.05) is 41.4 Å². The van der Waals surface area contributed by atoms with Crippen molar-refractivity contribution in [3.63, 3.8) is 0 Å². The van der Waals surface area contributed by atoms with E-state index in [1.807, 2.05) is 70.2 Å². The predicted octanol–water partition coefficient (Wildman–Crippen LogP) is 5.14. The minimum absolute atomic E-state index is 0.0935. The third-order valence-electron chi connectivity index (χ3n) is 4.73.